The molecular formula is C7H6Cl2NO. The number of aromatic nitrogens is 1. The maximum atomic E-state index is 5.71. The molecule has 59 valence electrons. The van der Waals surface area contributed by atoms with Crippen LogP contribution < -0.4 is 4.74 Å². The molecule has 1 aromatic heterocycles. The standard InChI is InChI=1S/C7H6Cl2NO/c1-2-11-7-6(9)3-5(8)4-10-7/h3-4H,1-2H2. The highest BCUT2D eigenvalue weighted by atomic mass is 35.5. The maximum absolute atomic E-state index is 5.71. The summed E-state index contributed by atoms with van der Waals surface area (Å²) in [5.74, 6) is 0.367. The summed E-state index contributed by atoms with van der Waals surface area (Å²) in [4.78, 5) is 3.84. The molecule has 0 N–H and O–H groups in total. The van der Waals surface area contributed by atoms with Gasteiger partial charge in [-0.3, -0.25) is 0 Å². The summed E-state index contributed by atoms with van der Waals surface area (Å²) in [6, 6.07) is 1.57. The van der Waals surface area contributed by atoms with Crippen LogP contribution in [-0.2, 0) is 0 Å². The minimum atomic E-state index is 0.300. The fourth-order valence-corrected chi connectivity index (χ4v) is 1.04. The highest BCUT2D eigenvalue weighted by molar-refractivity contribution is 6.35. The maximum Gasteiger partial charge on any atom is 0.232 e. The molecule has 1 rings (SSSR count). The number of rotatable bonds is 2. The van der Waals surface area contributed by atoms with E-state index in [4.69, 9.17) is 27.9 Å². The molecule has 11 heavy (non-hydrogen) atoms. The third-order valence-corrected chi connectivity index (χ3v) is 1.49. The lowest BCUT2D eigenvalue weighted by atomic mass is 10.5. The van der Waals surface area contributed by atoms with Gasteiger partial charge in [0, 0.05) is 6.20 Å². The van der Waals surface area contributed by atoms with Gasteiger partial charge in [0.1, 0.15) is 5.02 Å². The van der Waals surface area contributed by atoms with Crippen LogP contribution in [0, 0.1) is 6.92 Å². The van der Waals surface area contributed by atoms with Gasteiger partial charge in [-0.2, -0.15) is 0 Å². The van der Waals surface area contributed by atoms with E-state index in [0.717, 1.165) is 0 Å². The fourth-order valence-electron chi connectivity index (χ4n) is 0.605. The third kappa shape index (κ3) is 2.24. The summed E-state index contributed by atoms with van der Waals surface area (Å²) in [6.45, 7) is 3.79. The zero-order valence-electron chi connectivity index (χ0n) is 5.68. The molecule has 1 radical (unpaired) electrons. The zero-order chi connectivity index (χ0) is 8.27. The van der Waals surface area contributed by atoms with E-state index in [0.29, 0.717) is 22.5 Å². The van der Waals surface area contributed by atoms with Crippen molar-refractivity contribution in [3.8, 4) is 5.88 Å². The van der Waals surface area contributed by atoms with E-state index in [-0.39, 0.29) is 0 Å². The Kier molecular flexibility index (Phi) is 2.97. The molecule has 0 atom stereocenters. The smallest absolute Gasteiger partial charge is 0.232 e. The molecule has 0 aromatic carbocycles. The minimum Gasteiger partial charge on any atom is -0.477 e. The normalized spacial score (nSPS) is 9.73. The van der Waals surface area contributed by atoms with Crippen LogP contribution >= 0.6 is 23.2 Å². The van der Waals surface area contributed by atoms with E-state index in [1.54, 1.807) is 6.07 Å². The number of halogens is 2. The average molecular weight is 191 g/mol. The summed E-state index contributed by atoms with van der Waals surface area (Å²) in [5.41, 5.74) is 0. The number of pyridine rings is 1. The average Bonchev–Trinajstić information content (AvgIpc) is 1.95. The first-order chi connectivity index (χ1) is 5.24. The van der Waals surface area contributed by atoms with Crippen LogP contribution in [0.1, 0.15) is 0 Å². The lowest BCUT2D eigenvalue weighted by molar-refractivity contribution is 0.347. The van der Waals surface area contributed by atoms with Crippen LogP contribution in [0.2, 0.25) is 10.0 Å². The first-order valence-electron chi connectivity index (χ1n) is 2.97. The molecule has 0 aliphatic rings. The molecule has 0 aliphatic carbocycles. The zero-order valence-corrected chi connectivity index (χ0v) is 7.19. The van der Waals surface area contributed by atoms with E-state index >= 15 is 0 Å². The summed E-state index contributed by atoms with van der Waals surface area (Å²) in [7, 11) is 0. The summed E-state index contributed by atoms with van der Waals surface area (Å²) >= 11 is 11.3. The molecule has 0 aliphatic heterocycles. The van der Waals surface area contributed by atoms with Crippen molar-refractivity contribution in [2.24, 2.45) is 0 Å². The lowest BCUT2D eigenvalue weighted by Gasteiger charge is -2.02. The van der Waals surface area contributed by atoms with Gasteiger partial charge < -0.3 is 4.74 Å². The van der Waals surface area contributed by atoms with Crippen LogP contribution in [0.5, 0.6) is 5.88 Å². The monoisotopic (exact) mass is 190 g/mol. The van der Waals surface area contributed by atoms with Gasteiger partial charge in [0.2, 0.25) is 5.88 Å². The van der Waals surface area contributed by atoms with Crippen LogP contribution in [0.15, 0.2) is 12.3 Å². The second-order valence-electron chi connectivity index (χ2n) is 1.79. The Morgan fingerprint density at radius 3 is 2.82 bits per heavy atom. The Balaban J connectivity index is 2.90. The minimum absolute atomic E-state index is 0.300. The second kappa shape index (κ2) is 3.79. The topological polar surface area (TPSA) is 22.1 Å². The van der Waals surface area contributed by atoms with E-state index in [2.05, 4.69) is 11.9 Å². The predicted molar refractivity (Wildman–Crippen MR) is 45.1 cm³/mol. The van der Waals surface area contributed by atoms with Gasteiger partial charge in [0.05, 0.1) is 11.6 Å². The molecule has 1 heterocycles. The molecule has 0 spiro atoms. The number of ether oxygens (including phenoxy) is 1. The fraction of sp³-hybridized carbons (Fsp3) is 0.143. The van der Waals surface area contributed by atoms with Crippen LogP contribution in [0.25, 0.3) is 0 Å². The van der Waals surface area contributed by atoms with Gasteiger partial charge in [-0.15, -0.1) is 0 Å². The van der Waals surface area contributed by atoms with Crippen molar-refractivity contribution in [2.45, 2.75) is 0 Å². The first kappa shape index (κ1) is 8.62. The number of hydrogen-bond donors (Lipinski definition) is 0. The molecule has 0 amide bonds. The third-order valence-electron chi connectivity index (χ3n) is 1.01. The van der Waals surface area contributed by atoms with Gasteiger partial charge in [0.15, 0.2) is 0 Å². The van der Waals surface area contributed by atoms with Crippen LogP contribution in [-0.4, -0.2) is 11.6 Å². The largest absolute Gasteiger partial charge is 0.477 e. The van der Waals surface area contributed by atoms with Crippen molar-refractivity contribution in [1.29, 1.82) is 0 Å². The van der Waals surface area contributed by atoms with Gasteiger partial charge in [-0.25, -0.2) is 4.98 Å². The van der Waals surface area contributed by atoms with E-state index in [1.807, 2.05) is 0 Å². The molecule has 2 nitrogen and oxygen atoms in total. The highest BCUT2D eigenvalue weighted by Gasteiger charge is 2.01. The summed E-state index contributed by atoms with van der Waals surface area (Å²) in [5, 5.41) is 0.896. The SMILES string of the molecule is [CH2]COc1ncc(Cl)cc1Cl. The van der Waals surface area contributed by atoms with Crippen molar-refractivity contribution in [2.75, 3.05) is 6.61 Å². The van der Waals surface area contributed by atoms with Gasteiger partial charge in [-0.05, 0) is 13.0 Å². The van der Waals surface area contributed by atoms with Crippen LogP contribution in [0.4, 0.5) is 0 Å². The van der Waals surface area contributed by atoms with Crippen molar-refractivity contribution >= 4 is 23.2 Å². The van der Waals surface area contributed by atoms with E-state index < -0.39 is 0 Å². The van der Waals surface area contributed by atoms with Crippen molar-refractivity contribution in [1.82, 2.24) is 4.98 Å². The summed E-state index contributed by atoms with van der Waals surface area (Å²) < 4.78 is 4.98. The molecule has 0 unspecified atom stereocenters. The Morgan fingerprint density at radius 2 is 2.27 bits per heavy atom. The number of nitrogens with zero attached hydrogens (tertiary/aromatic N) is 1. The van der Waals surface area contributed by atoms with Gasteiger partial charge in [-0.1, -0.05) is 23.2 Å². The lowest BCUT2D eigenvalue weighted by Crippen LogP contribution is -1.94. The van der Waals surface area contributed by atoms with Crippen molar-refractivity contribution in [3.05, 3.63) is 29.2 Å². The molecule has 0 fully saturated rings. The molecule has 0 saturated carbocycles. The molecule has 0 bridgehead atoms. The van der Waals surface area contributed by atoms with Crippen molar-refractivity contribution in [3.63, 3.8) is 0 Å². The quantitative estimate of drug-likeness (QED) is 0.716. The predicted octanol–water partition coefficient (Wildman–Crippen LogP) is 2.60. The Bertz CT molecular complexity index is 252. The molecular weight excluding hydrogens is 185 g/mol. The molecule has 0 saturated heterocycles. The Hall–Kier alpha value is -0.470. The Morgan fingerprint density at radius 1 is 1.55 bits per heavy atom. The highest BCUT2D eigenvalue weighted by Crippen LogP contribution is 2.24. The van der Waals surface area contributed by atoms with Gasteiger partial charge >= 0.3 is 0 Å². The second-order valence-corrected chi connectivity index (χ2v) is 2.63. The van der Waals surface area contributed by atoms with Crippen LogP contribution in [0.3, 0.4) is 0 Å². The molecule has 1 aromatic rings. The Labute approximate surface area is 75.1 Å². The van der Waals surface area contributed by atoms with E-state index in [1.165, 1.54) is 6.20 Å². The number of hydrogen-bond acceptors (Lipinski definition) is 2. The summed E-state index contributed by atoms with van der Waals surface area (Å²) in [6.07, 6.45) is 1.47. The van der Waals surface area contributed by atoms with Gasteiger partial charge in [0.25, 0.3) is 0 Å². The first-order valence-corrected chi connectivity index (χ1v) is 3.72. The van der Waals surface area contributed by atoms with Crippen molar-refractivity contribution < 1.29 is 4.74 Å². The molecule has 4 heteroatoms. The van der Waals surface area contributed by atoms with E-state index in [9.17, 15) is 0 Å².